The van der Waals surface area contributed by atoms with Gasteiger partial charge in [0.15, 0.2) is 0 Å². The number of nitrogens with zero attached hydrogens (tertiary/aromatic N) is 5. The number of fused-ring (bicyclic) bond motifs is 2. The molecule has 0 spiro atoms. The number of hydrogen-bond acceptors (Lipinski definition) is 5. The van der Waals surface area contributed by atoms with Crippen LogP contribution in [0.3, 0.4) is 0 Å². The first-order valence-electron chi connectivity index (χ1n) is 14.9. The predicted molar refractivity (Wildman–Crippen MR) is 178 cm³/mol. The van der Waals surface area contributed by atoms with Gasteiger partial charge in [0.2, 0.25) is 0 Å². The van der Waals surface area contributed by atoms with Gasteiger partial charge in [-0.05, 0) is 116 Å². The van der Waals surface area contributed by atoms with Crippen LogP contribution in [0.2, 0.25) is 10.0 Å². The van der Waals surface area contributed by atoms with Crippen LogP contribution in [-0.2, 0) is 11.3 Å². The normalized spacial score (nSPS) is 17.0. The third kappa shape index (κ3) is 8.30. The molecular formula is C32H46Cl2IN6O3-. The minimum Gasteiger partial charge on any atom is -1.00 e. The van der Waals surface area contributed by atoms with Crippen molar-refractivity contribution in [1.82, 2.24) is 28.5 Å². The molecular weight excluding hydrogens is 714 g/mol. The number of ether oxygens (including phenoxy) is 1. The summed E-state index contributed by atoms with van der Waals surface area (Å²) >= 11 is 12.1. The maximum atomic E-state index is 13.1. The van der Waals surface area contributed by atoms with E-state index >= 15 is 0 Å². The molecule has 0 atom stereocenters. The van der Waals surface area contributed by atoms with Crippen molar-refractivity contribution in [3.8, 4) is 0 Å². The molecule has 0 unspecified atom stereocenters. The van der Waals surface area contributed by atoms with Gasteiger partial charge in [0.25, 0.3) is 0 Å². The van der Waals surface area contributed by atoms with Crippen LogP contribution in [0.25, 0.3) is 22.1 Å². The Morgan fingerprint density at radius 1 is 0.818 bits per heavy atom. The molecule has 0 amide bonds. The highest BCUT2D eigenvalue weighted by atomic mass is 127. The number of halogens is 3. The van der Waals surface area contributed by atoms with Gasteiger partial charge in [0, 0.05) is 22.1 Å². The molecule has 6 rings (SSSR count). The van der Waals surface area contributed by atoms with Gasteiger partial charge in [-0.2, -0.15) is 0 Å². The average Bonchev–Trinajstić information content (AvgIpc) is 3.42. The van der Waals surface area contributed by atoms with Crippen molar-refractivity contribution < 1.29 is 28.7 Å². The summed E-state index contributed by atoms with van der Waals surface area (Å²) in [4.78, 5) is 32.6. The fourth-order valence-electron chi connectivity index (χ4n) is 6.17. The van der Waals surface area contributed by atoms with E-state index in [0.29, 0.717) is 29.2 Å². The van der Waals surface area contributed by atoms with Crippen LogP contribution in [0.15, 0.2) is 46.0 Å². The number of aromatic nitrogens is 4. The molecule has 2 aromatic carbocycles. The summed E-state index contributed by atoms with van der Waals surface area (Å²) in [5.41, 5.74) is 3.68. The van der Waals surface area contributed by atoms with Gasteiger partial charge >= 0.3 is 11.4 Å². The maximum Gasteiger partial charge on any atom is 0.329 e. The van der Waals surface area contributed by atoms with E-state index in [0.717, 1.165) is 73.9 Å². The molecule has 44 heavy (non-hydrogen) atoms. The molecule has 2 aliphatic heterocycles. The van der Waals surface area contributed by atoms with Crippen molar-refractivity contribution in [1.29, 1.82) is 0 Å². The van der Waals surface area contributed by atoms with Crippen LogP contribution in [0.1, 0.15) is 59.0 Å². The first kappa shape index (κ1) is 36.6. The molecule has 0 aliphatic carbocycles. The molecule has 0 radical (unpaired) electrons. The summed E-state index contributed by atoms with van der Waals surface area (Å²) in [6.07, 6.45) is 4.20. The van der Waals surface area contributed by atoms with E-state index in [1.165, 1.54) is 0 Å². The Labute approximate surface area is 287 Å². The lowest BCUT2D eigenvalue weighted by Crippen LogP contribution is -3.00. The van der Waals surface area contributed by atoms with Crippen molar-refractivity contribution in [3.05, 3.63) is 67.4 Å². The fraction of sp³-hybridized carbons (Fsp3) is 0.562. The van der Waals surface area contributed by atoms with Crippen molar-refractivity contribution in [2.24, 2.45) is 0 Å². The number of hydrogen-bond donors (Lipinski definition) is 1. The van der Waals surface area contributed by atoms with Crippen LogP contribution < -0.4 is 35.4 Å². The van der Waals surface area contributed by atoms with Crippen LogP contribution in [0.5, 0.6) is 0 Å². The summed E-state index contributed by atoms with van der Waals surface area (Å²) in [5, 5.41) is 1.31. The largest absolute Gasteiger partial charge is 1.00 e. The summed E-state index contributed by atoms with van der Waals surface area (Å²) in [5.74, 6) is 0. The molecule has 4 heterocycles. The van der Waals surface area contributed by atoms with E-state index in [2.05, 4.69) is 28.9 Å². The van der Waals surface area contributed by atoms with Crippen molar-refractivity contribution in [2.75, 3.05) is 46.9 Å². The summed E-state index contributed by atoms with van der Waals surface area (Å²) < 4.78 is 11.3. The Hall–Kier alpha value is -1.83. The lowest BCUT2D eigenvalue weighted by Gasteiger charge is -2.29. The predicted octanol–water partition coefficient (Wildman–Crippen LogP) is 3.04. The van der Waals surface area contributed by atoms with E-state index in [1.807, 2.05) is 63.9 Å². The minimum atomic E-state index is -0.0261. The molecule has 4 aromatic rings. The van der Waals surface area contributed by atoms with Crippen molar-refractivity contribution >= 4 is 45.3 Å². The van der Waals surface area contributed by atoms with Crippen molar-refractivity contribution in [3.63, 3.8) is 0 Å². The Morgan fingerprint density at radius 3 is 1.91 bits per heavy atom. The Kier molecular flexibility index (Phi) is 13.4. The molecule has 244 valence electrons. The standard InChI is InChI=1S/C18H26ClN3O2.C13H16ClN3O.CH4.HI/c1-13(2)24-11-10-21-17-12-14(19)4-5-16(17)22(18(21)23)15-6-8-20(3)9-7-15;1-16-6-4-10(5-7-16)17-12-3-2-9(14)8-11(12)15-13(17)18;;/h4-5,12-13,15H,6-11H2,1-3H3;2-3,8,10H,4-7H2,1H3,(H,15,18);1H4;1H/p-1. The zero-order valence-electron chi connectivity index (χ0n) is 25.4. The Balaban J connectivity index is 0.000000238. The zero-order valence-corrected chi connectivity index (χ0v) is 29.0. The zero-order chi connectivity index (χ0) is 30.0. The second-order valence-corrected chi connectivity index (χ2v) is 12.8. The molecule has 2 aliphatic rings. The van der Waals surface area contributed by atoms with Crippen molar-refractivity contribution in [2.45, 2.75) is 71.7 Å². The number of aromatic amines is 1. The maximum absolute atomic E-state index is 13.1. The minimum absolute atomic E-state index is 0. The first-order valence-corrected chi connectivity index (χ1v) is 15.7. The monoisotopic (exact) mass is 759 g/mol. The number of likely N-dealkylation sites (tertiary alicyclic amines) is 2. The summed E-state index contributed by atoms with van der Waals surface area (Å²) in [6, 6.07) is 11.8. The van der Waals surface area contributed by atoms with Crippen LogP contribution in [-0.4, -0.2) is 81.5 Å². The molecule has 12 heteroatoms. The fourth-order valence-corrected chi connectivity index (χ4v) is 6.51. The molecule has 1 N–H and O–H groups in total. The number of rotatable bonds is 6. The van der Waals surface area contributed by atoms with Gasteiger partial charge < -0.3 is 43.5 Å². The quantitative estimate of drug-likeness (QED) is 0.306. The lowest BCUT2D eigenvalue weighted by molar-refractivity contribution is -0.0000119. The topological polar surface area (TPSA) is 80.4 Å². The number of H-pyrrole nitrogens is 1. The van der Waals surface area contributed by atoms with Gasteiger partial charge in [-0.1, -0.05) is 30.6 Å². The van der Waals surface area contributed by atoms with E-state index in [1.54, 1.807) is 0 Å². The number of benzene rings is 2. The second-order valence-electron chi connectivity index (χ2n) is 11.9. The average molecular weight is 761 g/mol. The highest BCUT2D eigenvalue weighted by Gasteiger charge is 2.24. The smallest absolute Gasteiger partial charge is 0.329 e. The van der Waals surface area contributed by atoms with Gasteiger partial charge in [0.1, 0.15) is 0 Å². The Bertz CT molecular complexity index is 1630. The van der Waals surface area contributed by atoms with Gasteiger partial charge in [0.05, 0.1) is 41.3 Å². The van der Waals surface area contributed by atoms with Crippen LogP contribution in [0.4, 0.5) is 0 Å². The molecule has 2 aromatic heterocycles. The second kappa shape index (κ2) is 16.1. The SMILES string of the molecule is C.CC(C)OCCn1c(=O)n(C2CCN(C)CC2)c2ccc(Cl)cc21.CN1CCC(n2c(=O)[nH]c3cc(Cl)ccc32)CC1.[I-]. The number of piperidine rings is 2. The summed E-state index contributed by atoms with van der Waals surface area (Å²) in [7, 11) is 4.25. The van der Waals surface area contributed by atoms with E-state index in [-0.39, 0.29) is 54.9 Å². The number of nitrogens with one attached hydrogen (secondary N) is 1. The molecule has 2 saturated heterocycles. The summed E-state index contributed by atoms with van der Waals surface area (Å²) in [6.45, 7) is 9.20. The first-order chi connectivity index (χ1) is 20.1. The van der Waals surface area contributed by atoms with Gasteiger partial charge in [-0.15, -0.1) is 0 Å². The molecule has 0 bridgehead atoms. The molecule has 0 saturated carbocycles. The van der Waals surface area contributed by atoms with E-state index in [4.69, 9.17) is 27.9 Å². The highest BCUT2D eigenvalue weighted by Crippen LogP contribution is 2.27. The van der Waals surface area contributed by atoms with Crippen LogP contribution >= 0.6 is 23.2 Å². The Morgan fingerprint density at radius 2 is 1.34 bits per heavy atom. The molecule has 9 nitrogen and oxygen atoms in total. The van der Waals surface area contributed by atoms with E-state index < -0.39 is 0 Å². The molecule has 2 fully saturated rings. The van der Waals surface area contributed by atoms with Gasteiger partial charge in [-0.25, -0.2) is 9.59 Å². The third-order valence-corrected chi connectivity index (χ3v) is 8.95. The lowest BCUT2D eigenvalue weighted by atomic mass is 10.1. The van der Waals surface area contributed by atoms with Gasteiger partial charge in [-0.3, -0.25) is 13.7 Å². The highest BCUT2D eigenvalue weighted by molar-refractivity contribution is 6.31. The van der Waals surface area contributed by atoms with E-state index in [9.17, 15) is 9.59 Å². The third-order valence-electron chi connectivity index (χ3n) is 8.48. The van der Waals surface area contributed by atoms with Crippen LogP contribution in [0, 0.1) is 0 Å². The number of imidazole rings is 2.